The average Bonchev–Trinajstić information content (AvgIpc) is 3.06. The molecule has 2 N–H and O–H groups in total. The third-order valence-electron chi connectivity index (χ3n) is 7.00. The molecular formula is C22H34N4O3. The molecular weight excluding hydrogens is 368 g/mol. The minimum Gasteiger partial charge on any atom is -0.387 e. The minimum atomic E-state index is -0.850. The molecule has 29 heavy (non-hydrogen) atoms. The van der Waals surface area contributed by atoms with E-state index in [0.29, 0.717) is 19.1 Å². The second-order valence-corrected chi connectivity index (χ2v) is 9.26. The van der Waals surface area contributed by atoms with Gasteiger partial charge in [-0.1, -0.05) is 0 Å². The number of likely N-dealkylation sites (tertiary alicyclic amines) is 1. The molecule has 1 aromatic heterocycles. The summed E-state index contributed by atoms with van der Waals surface area (Å²) < 4.78 is 1.73. The third-order valence-corrected chi connectivity index (χ3v) is 7.00. The van der Waals surface area contributed by atoms with E-state index in [9.17, 15) is 14.7 Å². The van der Waals surface area contributed by atoms with Crippen LogP contribution < -0.4 is 10.9 Å². The maximum absolute atomic E-state index is 12.5. The van der Waals surface area contributed by atoms with Crippen LogP contribution in [0.1, 0.15) is 75.6 Å². The Labute approximate surface area is 172 Å². The third kappa shape index (κ3) is 4.72. The number of β-amino-alcohol motifs (C(OH)–C–C–N with tert-alkyl or cyclic N) is 1. The molecule has 0 radical (unpaired) electrons. The molecule has 4 rings (SSSR count). The quantitative estimate of drug-likeness (QED) is 0.798. The molecule has 2 heterocycles. The lowest BCUT2D eigenvalue weighted by Crippen LogP contribution is -2.52. The molecule has 1 aliphatic heterocycles. The van der Waals surface area contributed by atoms with Crippen LogP contribution in [0.25, 0.3) is 0 Å². The normalized spacial score (nSPS) is 30.1. The number of aryl methyl sites for hydroxylation is 2. The van der Waals surface area contributed by atoms with Gasteiger partial charge in [-0.15, -0.1) is 0 Å². The maximum Gasteiger partial charge on any atom is 0.267 e. The van der Waals surface area contributed by atoms with Gasteiger partial charge in [-0.25, -0.2) is 4.68 Å². The van der Waals surface area contributed by atoms with Crippen LogP contribution in [0.4, 0.5) is 0 Å². The van der Waals surface area contributed by atoms with E-state index >= 15 is 0 Å². The van der Waals surface area contributed by atoms with Gasteiger partial charge in [-0.3, -0.25) is 9.59 Å². The fourth-order valence-electron chi connectivity index (χ4n) is 5.22. The van der Waals surface area contributed by atoms with Crippen LogP contribution in [0.5, 0.6) is 0 Å². The zero-order valence-corrected chi connectivity index (χ0v) is 17.5. The summed E-state index contributed by atoms with van der Waals surface area (Å²) in [4.78, 5) is 26.0. The Morgan fingerprint density at radius 1 is 1.24 bits per heavy atom. The summed E-state index contributed by atoms with van der Waals surface area (Å²) >= 11 is 0. The zero-order valence-electron chi connectivity index (χ0n) is 17.5. The van der Waals surface area contributed by atoms with Crippen LogP contribution in [0.3, 0.4) is 0 Å². The number of hydrogen-bond acceptors (Lipinski definition) is 5. The Kier molecular flexibility index (Phi) is 6.06. The standard InChI is InChI=1S/C22H34N4O3/c1-16(27)25-12-3-2-11-22(29,15-25)14-23-18-7-9-19(10-8-18)26-21(28)13-17-5-4-6-20(17)24-26/h13,18-19,23,29H,2-12,14-15H2,1H3. The van der Waals surface area contributed by atoms with Gasteiger partial charge in [0.05, 0.1) is 23.9 Å². The molecule has 1 aromatic rings. The number of amides is 1. The predicted octanol–water partition coefficient (Wildman–Crippen LogP) is 1.57. The first-order valence-corrected chi connectivity index (χ1v) is 11.3. The van der Waals surface area contributed by atoms with Crippen LogP contribution >= 0.6 is 0 Å². The van der Waals surface area contributed by atoms with Gasteiger partial charge >= 0.3 is 0 Å². The second-order valence-electron chi connectivity index (χ2n) is 9.26. The van der Waals surface area contributed by atoms with E-state index in [4.69, 9.17) is 0 Å². The Hall–Kier alpha value is -1.73. The van der Waals surface area contributed by atoms with Crippen molar-refractivity contribution in [2.45, 2.75) is 88.8 Å². The number of aromatic nitrogens is 2. The Bertz CT molecular complexity index is 800. The van der Waals surface area contributed by atoms with Crippen molar-refractivity contribution >= 4 is 5.91 Å². The highest BCUT2D eigenvalue weighted by Gasteiger charge is 2.34. The first-order chi connectivity index (χ1) is 13.9. The molecule has 0 bridgehead atoms. The van der Waals surface area contributed by atoms with Crippen molar-refractivity contribution in [3.63, 3.8) is 0 Å². The van der Waals surface area contributed by atoms with Crippen LogP contribution in [0, 0.1) is 0 Å². The number of carbonyl (C=O) groups excluding carboxylic acids is 1. The van der Waals surface area contributed by atoms with Crippen LogP contribution in [-0.2, 0) is 17.6 Å². The van der Waals surface area contributed by atoms with Crippen molar-refractivity contribution in [2.75, 3.05) is 19.6 Å². The number of nitrogens with one attached hydrogen (secondary N) is 1. The molecule has 7 heteroatoms. The van der Waals surface area contributed by atoms with E-state index in [1.807, 2.05) is 0 Å². The highest BCUT2D eigenvalue weighted by Crippen LogP contribution is 2.29. The lowest BCUT2D eigenvalue weighted by molar-refractivity contribution is -0.131. The molecule has 2 fully saturated rings. The first-order valence-electron chi connectivity index (χ1n) is 11.3. The number of nitrogens with zero attached hydrogens (tertiary/aromatic N) is 3. The zero-order chi connectivity index (χ0) is 20.4. The molecule has 1 atom stereocenters. The van der Waals surface area contributed by atoms with Gasteiger partial charge in [0.25, 0.3) is 5.56 Å². The topological polar surface area (TPSA) is 87.5 Å². The second kappa shape index (κ2) is 8.56. The summed E-state index contributed by atoms with van der Waals surface area (Å²) in [6.45, 7) is 3.25. The summed E-state index contributed by atoms with van der Waals surface area (Å²) in [6.07, 6.45) is 9.52. The van der Waals surface area contributed by atoms with Gasteiger partial charge in [0, 0.05) is 32.1 Å². The van der Waals surface area contributed by atoms with Crippen molar-refractivity contribution in [3.8, 4) is 0 Å². The highest BCUT2D eigenvalue weighted by molar-refractivity contribution is 5.73. The van der Waals surface area contributed by atoms with E-state index in [-0.39, 0.29) is 17.5 Å². The van der Waals surface area contributed by atoms with Crippen LogP contribution in [0.15, 0.2) is 10.9 Å². The predicted molar refractivity (Wildman–Crippen MR) is 111 cm³/mol. The SMILES string of the molecule is CC(=O)N1CCCCC(O)(CNC2CCC(n3nc4c(cc3=O)CCC4)CC2)C1. The molecule has 1 saturated heterocycles. The van der Waals surface area contributed by atoms with Crippen molar-refractivity contribution in [3.05, 3.63) is 27.7 Å². The Balaban J connectivity index is 1.31. The summed E-state index contributed by atoms with van der Waals surface area (Å²) in [6, 6.07) is 2.32. The largest absolute Gasteiger partial charge is 0.387 e. The van der Waals surface area contributed by atoms with Crippen molar-refractivity contribution < 1.29 is 9.90 Å². The van der Waals surface area contributed by atoms with E-state index in [1.54, 1.807) is 22.6 Å². The number of rotatable bonds is 4. The van der Waals surface area contributed by atoms with Crippen LogP contribution in [0.2, 0.25) is 0 Å². The molecule has 3 aliphatic rings. The van der Waals surface area contributed by atoms with Gasteiger partial charge in [-0.2, -0.15) is 5.10 Å². The van der Waals surface area contributed by atoms with Crippen molar-refractivity contribution in [1.82, 2.24) is 20.0 Å². The van der Waals surface area contributed by atoms with E-state index in [1.165, 1.54) is 0 Å². The van der Waals surface area contributed by atoms with Gasteiger partial charge in [0.1, 0.15) is 0 Å². The summed E-state index contributed by atoms with van der Waals surface area (Å²) in [7, 11) is 0. The summed E-state index contributed by atoms with van der Waals surface area (Å²) in [5, 5.41) is 19.3. The molecule has 2 aliphatic carbocycles. The van der Waals surface area contributed by atoms with Gasteiger partial charge in [-0.05, 0) is 69.8 Å². The number of aliphatic hydroxyl groups is 1. The fourth-order valence-corrected chi connectivity index (χ4v) is 5.22. The van der Waals surface area contributed by atoms with Gasteiger partial charge in [0.2, 0.25) is 5.91 Å². The number of hydrogen-bond donors (Lipinski definition) is 2. The Morgan fingerprint density at radius 2 is 2.03 bits per heavy atom. The van der Waals surface area contributed by atoms with Crippen molar-refractivity contribution in [2.24, 2.45) is 0 Å². The number of carbonyl (C=O) groups is 1. The van der Waals surface area contributed by atoms with Crippen molar-refractivity contribution in [1.29, 1.82) is 0 Å². The van der Waals surface area contributed by atoms with E-state index in [2.05, 4.69) is 10.4 Å². The Morgan fingerprint density at radius 3 is 2.79 bits per heavy atom. The first kappa shape index (κ1) is 20.5. The smallest absolute Gasteiger partial charge is 0.267 e. The molecule has 1 amide bonds. The molecule has 0 aromatic carbocycles. The fraction of sp³-hybridized carbons (Fsp3) is 0.773. The summed E-state index contributed by atoms with van der Waals surface area (Å²) in [5.41, 5.74) is 1.43. The average molecular weight is 403 g/mol. The van der Waals surface area contributed by atoms with Gasteiger partial charge < -0.3 is 15.3 Å². The minimum absolute atomic E-state index is 0.0399. The van der Waals surface area contributed by atoms with Gasteiger partial charge in [0.15, 0.2) is 0 Å². The van der Waals surface area contributed by atoms with Crippen LogP contribution in [-0.4, -0.2) is 57.0 Å². The summed E-state index contributed by atoms with van der Waals surface area (Å²) in [5.74, 6) is 0.0399. The lowest BCUT2D eigenvalue weighted by atomic mass is 9.90. The highest BCUT2D eigenvalue weighted by atomic mass is 16.3. The number of fused-ring (bicyclic) bond motifs is 1. The lowest BCUT2D eigenvalue weighted by Gasteiger charge is -2.35. The van der Waals surface area contributed by atoms with E-state index in [0.717, 1.165) is 82.0 Å². The maximum atomic E-state index is 12.5. The molecule has 1 unspecified atom stereocenters. The van der Waals surface area contributed by atoms with E-state index < -0.39 is 5.60 Å². The monoisotopic (exact) mass is 402 g/mol. The molecule has 1 saturated carbocycles. The molecule has 160 valence electrons. The molecule has 7 nitrogen and oxygen atoms in total. The molecule has 0 spiro atoms.